The molecular formula is C15H13Cl2N3O2. The summed E-state index contributed by atoms with van der Waals surface area (Å²) in [6.45, 7) is 2.30. The van der Waals surface area contributed by atoms with Gasteiger partial charge in [-0.25, -0.2) is 9.36 Å². The molecule has 1 aromatic carbocycles. The molecule has 7 heteroatoms. The third kappa shape index (κ3) is 1.85. The number of hydrogen-bond acceptors (Lipinski definition) is 3. The zero-order valence-corrected chi connectivity index (χ0v) is 13.2. The molecule has 2 aliphatic heterocycles. The van der Waals surface area contributed by atoms with Crippen LogP contribution in [0, 0.1) is 0 Å². The summed E-state index contributed by atoms with van der Waals surface area (Å²) in [5, 5.41) is 0.721. The lowest BCUT2D eigenvalue weighted by Crippen LogP contribution is -2.42. The van der Waals surface area contributed by atoms with E-state index in [9.17, 15) is 9.59 Å². The van der Waals surface area contributed by atoms with Crippen LogP contribution in [0.2, 0.25) is 10.0 Å². The highest BCUT2D eigenvalue weighted by molar-refractivity contribution is 6.42. The first-order valence-corrected chi connectivity index (χ1v) is 7.92. The molecule has 0 unspecified atom stereocenters. The van der Waals surface area contributed by atoms with Crippen LogP contribution in [0.15, 0.2) is 27.8 Å². The topological polar surface area (TPSA) is 47.2 Å². The number of aromatic nitrogens is 2. The largest absolute Gasteiger partial charge is 0.356 e. The first-order chi connectivity index (χ1) is 10.6. The monoisotopic (exact) mass is 337 g/mol. The zero-order chi connectivity index (χ0) is 15.4. The van der Waals surface area contributed by atoms with Crippen LogP contribution in [0.1, 0.15) is 12.0 Å². The van der Waals surface area contributed by atoms with Crippen molar-refractivity contribution in [1.29, 1.82) is 0 Å². The highest BCUT2D eigenvalue weighted by atomic mass is 35.5. The molecule has 0 aliphatic carbocycles. The van der Waals surface area contributed by atoms with Crippen LogP contribution < -0.4 is 16.1 Å². The van der Waals surface area contributed by atoms with Crippen molar-refractivity contribution in [1.82, 2.24) is 9.13 Å². The summed E-state index contributed by atoms with van der Waals surface area (Å²) >= 11 is 11.9. The number of anilines is 1. The van der Waals surface area contributed by atoms with E-state index in [1.165, 1.54) is 4.57 Å². The van der Waals surface area contributed by atoms with E-state index in [2.05, 4.69) is 4.90 Å². The normalized spacial score (nSPS) is 16.0. The summed E-state index contributed by atoms with van der Waals surface area (Å²) in [7, 11) is 0. The van der Waals surface area contributed by atoms with Gasteiger partial charge in [0.15, 0.2) is 0 Å². The Kier molecular flexibility index (Phi) is 3.09. The highest BCUT2D eigenvalue weighted by Gasteiger charge is 2.30. The van der Waals surface area contributed by atoms with Crippen LogP contribution in [0.3, 0.4) is 0 Å². The average Bonchev–Trinajstić information content (AvgIpc) is 2.94. The molecule has 0 atom stereocenters. The van der Waals surface area contributed by atoms with Gasteiger partial charge in [-0.3, -0.25) is 9.36 Å². The molecule has 4 rings (SSSR count). The maximum atomic E-state index is 12.8. The number of halogens is 2. The lowest BCUT2D eigenvalue weighted by molar-refractivity contribution is 0.681. The number of nitrogens with zero attached hydrogens (tertiary/aromatic N) is 3. The second-order valence-electron chi connectivity index (χ2n) is 5.57. The van der Waals surface area contributed by atoms with Gasteiger partial charge in [-0.05, 0) is 31.0 Å². The standard InChI is InChI=1S/C15H13Cl2N3O2/c16-11-4-3-9(8-12(11)17)20-14(21)10-2-1-5-18-6-7-19(13(10)18)15(20)22/h3-4,8H,1-2,5-7H2. The van der Waals surface area contributed by atoms with Crippen LogP contribution in [-0.2, 0) is 13.0 Å². The molecule has 0 spiro atoms. The maximum Gasteiger partial charge on any atom is 0.337 e. The molecule has 0 saturated heterocycles. The van der Waals surface area contributed by atoms with Gasteiger partial charge in [-0.2, -0.15) is 0 Å². The summed E-state index contributed by atoms with van der Waals surface area (Å²) in [5.74, 6) is 0.803. The molecule has 5 nitrogen and oxygen atoms in total. The van der Waals surface area contributed by atoms with Gasteiger partial charge in [0.2, 0.25) is 0 Å². The van der Waals surface area contributed by atoms with Crippen molar-refractivity contribution in [3.05, 3.63) is 54.6 Å². The molecule has 2 aliphatic rings. The van der Waals surface area contributed by atoms with Crippen molar-refractivity contribution in [2.24, 2.45) is 0 Å². The summed E-state index contributed by atoms with van der Waals surface area (Å²) in [5.41, 5.74) is 0.613. The van der Waals surface area contributed by atoms with Gasteiger partial charge in [0.1, 0.15) is 5.82 Å². The number of benzene rings is 1. The maximum absolute atomic E-state index is 12.8. The van der Waals surface area contributed by atoms with Gasteiger partial charge in [0.05, 0.1) is 21.3 Å². The second kappa shape index (κ2) is 4.89. The van der Waals surface area contributed by atoms with Crippen molar-refractivity contribution < 1.29 is 0 Å². The molecule has 114 valence electrons. The first kappa shape index (κ1) is 13.9. The molecule has 0 saturated carbocycles. The molecule has 0 bridgehead atoms. The molecule has 0 fully saturated rings. The van der Waals surface area contributed by atoms with E-state index in [4.69, 9.17) is 23.2 Å². The van der Waals surface area contributed by atoms with E-state index in [-0.39, 0.29) is 11.2 Å². The van der Waals surface area contributed by atoms with Crippen LogP contribution in [0.5, 0.6) is 0 Å². The van der Waals surface area contributed by atoms with Crippen molar-refractivity contribution in [2.75, 3.05) is 18.0 Å². The molecule has 1 aromatic heterocycles. The summed E-state index contributed by atoms with van der Waals surface area (Å²) in [4.78, 5) is 27.7. The van der Waals surface area contributed by atoms with E-state index in [1.54, 1.807) is 22.8 Å². The molecule has 0 amide bonds. The zero-order valence-electron chi connectivity index (χ0n) is 11.7. The molecule has 0 N–H and O–H groups in total. The third-order valence-electron chi connectivity index (χ3n) is 4.32. The SMILES string of the molecule is O=c1c2c3n(c(=O)n1-c1ccc(Cl)c(Cl)c1)CCN3CCC2. The number of hydrogen-bond donors (Lipinski definition) is 0. The summed E-state index contributed by atoms with van der Waals surface area (Å²) < 4.78 is 2.90. The van der Waals surface area contributed by atoms with Gasteiger partial charge in [0, 0.05) is 19.6 Å². The highest BCUT2D eigenvalue weighted by Crippen LogP contribution is 2.28. The Hall–Kier alpha value is -1.72. The van der Waals surface area contributed by atoms with E-state index in [0.717, 1.165) is 30.9 Å². The Morgan fingerprint density at radius 3 is 2.59 bits per heavy atom. The van der Waals surface area contributed by atoms with E-state index in [0.29, 0.717) is 28.7 Å². The molecule has 3 heterocycles. The van der Waals surface area contributed by atoms with Gasteiger partial charge in [-0.15, -0.1) is 0 Å². The Bertz CT molecular complexity index is 901. The minimum atomic E-state index is -0.313. The second-order valence-corrected chi connectivity index (χ2v) is 6.38. The van der Waals surface area contributed by atoms with Crippen molar-refractivity contribution in [2.45, 2.75) is 19.4 Å². The van der Waals surface area contributed by atoms with Crippen LogP contribution >= 0.6 is 23.2 Å². The van der Waals surface area contributed by atoms with Gasteiger partial charge in [-0.1, -0.05) is 23.2 Å². The van der Waals surface area contributed by atoms with Crippen LogP contribution in [0.25, 0.3) is 5.69 Å². The van der Waals surface area contributed by atoms with Crippen molar-refractivity contribution in [3.8, 4) is 5.69 Å². The van der Waals surface area contributed by atoms with Gasteiger partial charge < -0.3 is 4.90 Å². The third-order valence-corrected chi connectivity index (χ3v) is 5.06. The predicted molar refractivity (Wildman–Crippen MR) is 86.9 cm³/mol. The molecular weight excluding hydrogens is 325 g/mol. The fourth-order valence-corrected chi connectivity index (χ4v) is 3.61. The lowest BCUT2D eigenvalue weighted by atomic mass is 10.1. The molecule has 2 aromatic rings. The van der Waals surface area contributed by atoms with Gasteiger partial charge in [0.25, 0.3) is 5.56 Å². The summed E-state index contributed by atoms with van der Waals surface area (Å²) in [6, 6.07) is 4.80. The van der Waals surface area contributed by atoms with Gasteiger partial charge >= 0.3 is 5.69 Å². The fraction of sp³-hybridized carbons (Fsp3) is 0.333. The lowest BCUT2D eigenvalue weighted by Gasteiger charge is -2.26. The summed E-state index contributed by atoms with van der Waals surface area (Å²) in [6.07, 6.45) is 1.63. The van der Waals surface area contributed by atoms with Crippen molar-refractivity contribution in [3.63, 3.8) is 0 Å². The molecule has 0 radical (unpaired) electrons. The smallest absolute Gasteiger partial charge is 0.337 e. The van der Waals surface area contributed by atoms with E-state index < -0.39 is 0 Å². The quantitative estimate of drug-likeness (QED) is 0.800. The fourth-order valence-electron chi connectivity index (χ4n) is 3.32. The average molecular weight is 338 g/mol. The minimum absolute atomic E-state index is 0.249. The van der Waals surface area contributed by atoms with E-state index in [1.807, 2.05) is 0 Å². The molecule has 22 heavy (non-hydrogen) atoms. The Morgan fingerprint density at radius 1 is 1.00 bits per heavy atom. The van der Waals surface area contributed by atoms with Crippen molar-refractivity contribution >= 4 is 29.0 Å². The van der Waals surface area contributed by atoms with Crippen LogP contribution in [0.4, 0.5) is 5.82 Å². The minimum Gasteiger partial charge on any atom is -0.356 e. The Balaban J connectivity index is 2.04. The number of rotatable bonds is 1. The Morgan fingerprint density at radius 2 is 1.82 bits per heavy atom. The Labute approximate surface area is 136 Å². The predicted octanol–water partition coefficient (Wildman–Crippen LogP) is 2.07. The first-order valence-electron chi connectivity index (χ1n) is 7.17. The van der Waals surface area contributed by atoms with E-state index >= 15 is 0 Å². The van der Waals surface area contributed by atoms with Crippen LogP contribution in [-0.4, -0.2) is 22.2 Å².